The van der Waals surface area contributed by atoms with Crippen molar-refractivity contribution in [1.29, 1.82) is 0 Å². The van der Waals surface area contributed by atoms with Crippen molar-refractivity contribution in [2.24, 2.45) is 5.73 Å². The zero-order valence-electron chi connectivity index (χ0n) is 12.9. The quantitative estimate of drug-likeness (QED) is 0.803. The van der Waals surface area contributed by atoms with Crippen LogP contribution in [-0.4, -0.2) is 15.5 Å². The molecule has 4 nitrogen and oxygen atoms in total. The molecule has 0 saturated heterocycles. The highest BCUT2D eigenvalue weighted by molar-refractivity contribution is 5.75. The Kier molecular flexibility index (Phi) is 3.23. The smallest absolute Gasteiger partial charge is 0.217 e. The van der Waals surface area contributed by atoms with Crippen molar-refractivity contribution in [3.8, 4) is 11.4 Å². The van der Waals surface area contributed by atoms with Crippen LogP contribution in [0.15, 0.2) is 60.9 Å². The van der Waals surface area contributed by atoms with Gasteiger partial charge in [-0.05, 0) is 29.7 Å². The lowest BCUT2D eigenvalue weighted by atomic mass is 9.79. The van der Waals surface area contributed by atoms with Gasteiger partial charge in [0.15, 0.2) is 0 Å². The molecule has 5 heteroatoms. The van der Waals surface area contributed by atoms with Crippen LogP contribution in [0, 0.1) is 5.82 Å². The first-order valence-corrected chi connectivity index (χ1v) is 7.81. The Morgan fingerprint density at radius 3 is 2.67 bits per heavy atom. The van der Waals surface area contributed by atoms with E-state index in [0.29, 0.717) is 6.42 Å². The third-order valence-electron chi connectivity index (χ3n) is 4.72. The Balaban J connectivity index is 2.00. The highest BCUT2D eigenvalue weighted by atomic mass is 19.1. The van der Waals surface area contributed by atoms with Crippen LogP contribution < -0.4 is 5.73 Å². The zero-order chi connectivity index (χ0) is 16.7. The van der Waals surface area contributed by atoms with E-state index in [-0.39, 0.29) is 18.1 Å². The van der Waals surface area contributed by atoms with Gasteiger partial charge in [-0.3, -0.25) is 4.79 Å². The van der Waals surface area contributed by atoms with Crippen LogP contribution in [0.25, 0.3) is 11.4 Å². The maximum atomic E-state index is 13.5. The molecule has 24 heavy (non-hydrogen) atoms. The molecule has 2 aromatic carbocycles. The fourth-order valence-corrected chi connectivity index (χ4v) is 3.70. The molecular weight excluding hydrogens is 305 g/mol. The monoisotopic (exact) mass is 321 g/mol. The molecule has 2 N–H and O–H groups in total. The molecule has 1 aliphatic rings. The van der Waals surface area contributed by atoms with Crippen LogP contribution in [0.3, 0.4) is 0 Å². The maximum Gasteiger partial charge on any atom is 0.217 e. The summed E-state index contributed by atoms with van der Waals surface area (Å²) in [6.45, 7) is 0. The minimum absolute atomic E-state index is 0.226. The second-order valence-corrected chi connectivity index (χ2v) is 6.00. The number of rotatable bonds is 4. The molecule has 1 aliphatic heterocycles. The summed E-state index contributed by atoms with van der Waals surface area (Å²) in [6.07, 6.45) is 4.37. The van der Waals surface area contributed by atoms with Crippen LogP contribution in [0.1, 0.15) is 24.0 Å². The molecule has 0 radical (unpaired) electrons. The first-order valence-electron chi connectivity index (χ1n) is 7.81. The Bertz CT molecular complexity index is 916. The largest absolute Gasteiger partial charge is 0.370 e. The molecule has 1 atom stereocenters. The Hall–Kier alpha value is -2.95. The maximum absolute atomic E-state index is 13.5. The number of nitrogens with zero attached hydrogens (tertiary/aromatic N) is 2. The molecule has 1 amide bonds. The van der Waals surface area contributed by atoms with Gasteiger partial charge in [-0.2, -0.15) is 0 Å². The fraction of sp³-hybridized carbons (Fsp3) is 0.158. The number of fused-ring (bicyclic) bond motifs is 3. The van der Waals surface area contributed by atoms with Crippen molar-refractivity contribution in [1.82, 2.24) is 9.55 Å². The van der Waals surface area contributed by atoms with Crippen LogP contribution in [0.4, 0.5) is 4.39 Å². The minimum atomic E-state index is -0.606. The molecule has 3 aromatic rings. The first kappa shape index (κ1) is 14.6. The molecule has 120 valence electrons. The van der Waals surface area contributed by atoms with Crippen molar-refractivity contribution in [3.05, 3.63) is 77.9 Å². The summed E-state index contributed by atoms with van der Waals surface area (Å²) in [6, 6.07) is 14.4. The van der Waals surface area contributed by atoms with Crippen molar-refractivity contribution < 1.29 is 9.18 Å². The van der Waals surface area contributed by atoms with Gasteiger partial charge >= 0.3 is 0 Å². The van der Waals surface area contributed by atoms with Gasteiger partial charge in [0, 0.05) is 24.4 Å². The molecule has 0 aliphatic carbocycles. The van der Waals surface area contributed by atoms with Crippen LogP contribution >= 0.6 is 0 Å². The summed E-state index contributed by atoms with van der Waals surface area (Å²) < 4.78 is 15.5. The summed E-state index contributed by atoms with van der Waals surface area (Å²) in [5, 5.41) is 0. The second kappa shape index (κ2) is 5.30. The number of aromatic nitrogens is 2. The number of amides is 1. The molecule has 0 fully saturated rings. The van der Waals surface area contributed by atoms with Crippen molar-refractivity contribution in [2.75, 3.05) is 0 Å². The van der Waals surface area contributed by atoms with Gasteiger partial charge in [-0.25, -0.2) is 9.37 Å². The van der Waals surface area contributed by atoms with E-state index in [1.165, 1.54) is 12.1 Å². The molecule has 0 spiro atoms. The normalized spacial score (nSPS) is 18.2. The standard InChI is InChI=1S/C19H16FN3O/c20-14-7-5-13(6-8-14)19(10-9-17(21)24)16-4-2-1-3-15(16)18-22-11-12-23(18)19/h1-8,11-12H,9-10H2,(H2,21,24). The van der Waals surface area contributed by atoms with Gasteiger partial charge in [-0.1, -0.05) is 36.4 Å². The summed E-state index contributed by atoms with van der Waals surface area (Å²) in [4.78, 5) is 16.0. The van der Waals surface area contributed by atoms with Crippen molar-refractivity contribution in [3.63, 3.8) is 0 Å². The number of benzene rings is 2. The van der Waals surface area contributed by atoms with Gasteiger partial charge in [-0.15, -0.1) is 0 Å². The average molecular weight is 321 g/mol. The van der Waals surface area contributed by atoms with E-state index in [1.807, 2.05) is 30.5 Å². The van der Waals surface area contributed by atoms with Gasteiger partial charge in [0.05, 0.1) is 5.54 Å². The Labute approximate surface area is 138 Å². The van der Waals surface area contributed by atoms with E-state index in [9.17, 15) is 9.18 Å². The molecule has 2 heterocycles. The Morgan fingerprint density at radius 2 is 1.92 bits per heavy atom. The molecule has 4 rings (SSSR count). The molecule has 1 aromatic heterocycles. The topological polar surface area (TPSA) is 60.9 Å². The molecule has 1 unspecified atom stereocenters. The van der Waals surface area contributed by atoms with E-state index in [1.54, 1.807) is 18.3 Å². The summed E-state index contributed by atoms with van der Waals surface area (Å²) >= 11 is 0. The van der Waals surface area contributed by atoms with Crippen LogP contribution in [0.2, 0.25) is 0 Å². The highest BCUT2D eigenvalue weighted by Crippen LogP contribution is 2.49. The molecule has 0 saturated carbocycles. The van der Waals surface area contributed by atoms with Crippen LogP contribution in [-0.2, 0) is 10.3 Å². The summed E-state index contributed by atoms with van der Waals surface area (Å²) in [5.74, 6) is 0.197. The van der Waals surface area contributed by atoms with E-state index in [2.05, 4.69) is 9.55 Å². The molecule has 0 bridgehead atoms. The predicted octanol–water partition coefficient (Wildman–Crippen LogP) is 3.06. The van der Waals surface area contributed by atoms with Gasteiger partial charge in [0.25, 0.3) is 0 Å². The van der Waals surface area contributed by atoms with E-state index in [0.717, 1.165) is 22.5 Å². The number of halogens is 1. The van der Waals surface area contributed by atoms with Gasteiger partial charge < -0.3 is 10.3 Å². The predicted molar refractivity (Wildman–Crippen MR) is 88.7 cm³/mol. The fourth-order valence-electron chi connectivity index (χ4n) is 3.70. The minimum Gasteiger partial charge on any atom is -0.370 e. The van der Waals surface area contributed by atoms with Gasteiger partial charge in [0.1, 0.15) is 11.6 Å². The lowest BCUT2D eigenvalue weighted by Gasteiger charge is -2.33. The van der Waals surface area contributed by atoms with Crippen LogP contribution in [0.5, 0.6) is 0 Å². The number of hydrogen-bond acceptors (Lipinski definition) is 2. The van der Waals surface area contributed by atoms with E-state index in [4.69, 9.17) is 5.73 Å². The van der Waals surface area contributed by atoms with E-state index >= 15 is 0 Å². The van der Waals surface area contributed by atoms with Gasteiger partial charge in [0.2, 0.25) is 5.91 Å². The second-order valence-electron chi connectivity index (χ2n) is 6.00. The van der Waals surface area contributed by atoms with E-state index < -0.39 is 5.54 Å². The number of imidazole rings is 1. The zero-order valence-corrected chi connectivity index (χ0v) is 12.9. The van der Waals surface area contributed by atoms with Crippen molar-refractivity contribution in [2.45, 2.75) is 18.4 Å². The number of primary amides is 1. The van der Waals surface area contributed by atoms with Crippen molar-refractivity contribution >= 4 is 5.91 Å². The lowest BCUT2D eigenvalue weighted by Crippen LogP contribution is -2.34. The first-order chi connectivity index (χ1) is 11.6. The average Bonchev–Trinajstić information content (AvgIpc) is 3.15. The lowest BCUT2D eigenvalue weighted by molar-refractivity contribution is -0.118. The molecular formula is C19H16FN3O. The number of hydrogen-bond donors (Lipinski definition) is 1. The number of nitrogens with two attached hydrogens (primary N) is 1. The third kappa shape index (κ3) is 1.98. The number of carbonyl (C=O) groups is 1. The Morgan fingerprint density at radius 1 is 1.17 bits per heavy atom. The number of carbonyl (C=O) groups excluding carboxylic acids is 1. The summed E-state index contributed by atoms with van der Waals surface area (Å²) in [5.41, 5.74) is 7.81. The third-order valence-corrected chi connectivity index (χ3v) is 4.72. The highest BCUT2D eigenvalue weighted by Gasteiger charge is 2.44. The summed E-state index contributed by atoms with van der Waals surface area (Å²) in [7, 11) is 0. The SMILES string of the molecule is NC(=O)CCC1(c2ccc(F)cc2)c2ccccc2-c2nccn21.